The number of nitrogens with one attached hydrogen (secondary N) is 1. The summed E-state index contributed by atoms with van der Waals surface area (Å²) in [6.45, 7) is 7.10. The minimum absolute atomic E-state index is 0.701. The summed E-state index contributed by atoms with van der Waals surface area (Å²) < 4.78 is 5.07. The zero-order valence-corrected chi connectivity index (χ0v) is 14.3. The van der Waals surface area contributed by atoms with Crippen LogP contribution in [0.1, 0.15) is 36.1 Å². The summed E-state index contributed by atoms with van der Waals surface area (Å²) in [7, 11) is 1.74. The minimum Gasteiger partial charge on any atom is -0.383 e. The van der Waals surface area contributed by atoms with Gasteiger partial charge in [0, 0.05) is 25.0 Å². The SMILES string of the molecule is CCSCc1nc(C)c2c(n1)CCC(CNCCOC)C2. The third-order valence-electron chi connectivity index (χ3n) is 3.98. The zero-order valence-electron chi connectivity index (χ0n) is 13.4. The highest BCUT2D eigenvalue weighted by atomic mass is 32.2. The van der Waals surface area contributed by atoms with E-state index in [1.807, 2.05) is 11.8 Å². The molecule has 0 fully saturated rings. The van der Waals surface area contributed by atoms with Crippen LogP contribution in [-0.4, -0.2) is 42.5 Å². The van der Waals surface area contributed by atoms with Gasteiger partial charge in [-0.25, -0.2) is 9.97 Å². The Hall–Kier alpha value is -0.650. The van der Waals surface area contributed by atoms with E-state index in [1.54, 1.807) is 7.11 Å². The first-order chi connectivity index (χ1) is 10.2. The topological polar surface area (TPSA) is 47.0 Å². The van der Waals surface area contributed by atoms with Gasteiger partial charge in [-0.2, -0.15) is 11.8 Å². The summed E-state index contributed by atoms with van der Waals surface area (Å²) >= 11 is 1.89. The van der Waals surface area contributed by atoms with Crippen molar-refractivity contribution in [3.63, 3.8) is 0 Å². The maximum atomic E-state index is 5.07. The lowest BCUT2D eigenvalue weighted by molar-refractivity contribution is 0.197. The van der Waals surface area contributed by atoms with Crippen LogP contribution < -0.4 is 5.32 Å². The summed E-state index contributed by atoms with van der Waals surface area (Å²) in [5, 5.41) is 3.48. The van der Waals surface area contributed by atoms with E-state index in [0.29, 0.717) is 5.92 Å². The van der Waals surface area contributed by atoms with Gasteiger partial charge >= 0.3 is 0 Å². The Morgan fingerprint density at radius 1 is 1.38 bits per heavy atom. The fourth-order valence-corrected chi connectivity index (χ4v) is 3.35. The van der Waals surface area contributed by atoms with Crippen LogP contribution in [0.4, 0.5) is 0 Å². The molecule has 1 aromatic rings. The van der Waals surface area contributed by atoms with E-state index in [4.69, 9.17) is 14.7 Å². The van der Waals surface area contributed by atoms with E-state index in [-0.39, 0.29) is 0 Å². The van der Waals surface area contributed by atoms with Crippen molar-refractivity contribution in [2.45, 2.75) is 38.9 Å². The highest BCUT2D eigenvalue weighted by Gasteiger charge is 2.22. The first-order valence-electron chi connectivity index (χ1n) is 7.87. The minimum atomic E-state index is 0.701. The molecule has 4 nitrogen and oxygen atoms in total. The number of methoxy groups -OCH3 is 1. The van der Waals surface area contributed by atoms with Gasteiger partial charge in [0.25, 0.3) is 0 Å². The van der Waals surface area contributed by atoms with E-state index in [9.17, 15) is 0 Å². The maximum absolute atomic E-state index is 5.07. The Balaban J connectivity index is 1.94. The maximum Gasteiger partial charge on any atom is 0.138 e. The molecule has 0 amide bonds. The molecule has 1 N–H and O–H groups in total. The van der Waals surface area contributed by atoms with Crippen LogP contribution in [0.15, 0.2) is 0 Å². The monoisotopic (exact) mass is 309 g/mol. The van der Waals surface area contributed by atoms with Crippen LogP contribution in [0.2, 0.25) is 0 Å². The van der Waals surface area contributed by atoms with Crippen LogP contribution in [0, 0.1) is 12.8 Å². The van der Waals surface area contributed by atoms with E-state index in [2.05, 4.69) is 19.2 Å². The Morgan fingerprint density at radius 3 is 3.00 bits per heavy atom. The molecular weight excluding hydrogens is 282 g/mol. The van der Waals surface area contributed by atoms with Gasteiger partial charge in [-0.3, -0.25) is 0 Å². The average Bonchev–Trinajstić information content (AvgIpc) is 2.50. The van der Waals surface area contributed by atoms with E-state index in [1.165, 1.54) is 23.4 Å². The fourth-order valence-electron chi connectivity index (χ4n) is 2.83. The van der Waals surface area contributed by atoms with E-state index in [0.717, 1.165) is 49.9 Å². The smallest absolute Gasteiger partial charge is 0.138 e. The first kappa shape index (κ1) is 16.7. The molecule has 0 aliphatic heterocycles. The molecule has 0 spiro atoms. The third-order valence-corrected chi connectivity index (χ3v) is 4.85. The van der Waals surface area contributed by atoms with Crippen molar-refractivity contribution >= 4 is 11.8 Å². The van der Waals surface area contributed by atoms with Crippen molar-refractivity contribution in [3.8, 4) is 0 Å². The summed E-state index contributed by atoms with van der Waals surface area (Å²) in [5.74, 6) is 3.77. The predicted molar refractivity (Wildman–Crippen MR) is 88.9 cm³/mol. The van der Waals surface area contributed by atoms with Gasteiger partial charge in [0.05, 0.1) is 12.4 Å². The number of thioether (sulfide) groups is 1. The summed E-state index contributed by atoms with van der Waals surface area (Å²) in [6, 6.07) is 0. The fraction of sp³-hybridized carbons (Fsp3) is 0.750. The number of hydrogen-bond acceptors (Lipinski definition) is 5. The Labute approximate surface area is 132 Å². The molecule has 0 radical (unpaired) electrons. The van der Waals surface area contributed by atoms with Crippen LogP contribution in [0.25, 0.3) is 0 Å². The van der Waals surface area contributed by atoms with Gasteiger partial charge in [0.2, 0.25) is 0 Å². The average molecular weight is 309 g/mol. The quantitative estimate of drug-likeness (QED) is 0.747. The lowest BCUT2D eigenvalue weighted by Gasteiger charge is -2.25. The molecule has 1 aliphatic rings. The standard InChI is InChI=1S/C16H27N3OS/c1-4-21-11-16-18-12(2)14-9-13(5-6-15(14)19-16)10-17-7-8-20-3/h13,17H,4-11H2,1-3H3. The number of aryl methyl sites for hydroxylation is 2. The van der Waals surface area contributed by atoms with Crippen LogP contribution in [-0.2, 0) is 23.3 Å². The molecule has 1 unspecified atom stereocenters. The second-order valence-electron chi connectivity index (χ2n) is 5.59. The van der Waals surface area contributed by atoms with Gasteiger partial charge in [0.1, 0.15) is 5.82 Å². The molecule has 0 bridgehead atoms. The zero-order chi connectivity index (χ0) is 15.1. The molecule has 2 rings (SSSR count). The van der Waals surface area contributed by atoms with Crippen molar-refractivity contribution in [2.24, 2.45) is 5.92 Å². The highest BCUT2D eigenvalue weighted by Crippen LogP contribution is 2.26. The van der Waals surface area contributed by atoms with Crippen molar-refractivity contribution in [1.29, 1.82) is 0 Å². The number of fused-ring (bicyclic) bond motifs is 1. The normalized spacial score (nSPS) is 17.8. The summed E-state index contributed by atoms with van der Waals surface area (Å²) in [5.41, 5.74) is 3.88. The van der Waals surface area contributed by atoms with Gasteiger partial charge in [-0.05, 0) is 50.0 Å². The Morgan fingerprint density at radius 2 is 2.24 bits per heavy atom. The number of ether oxygens (including phenoxy) is 1. The first-order valence-corrected chi connectivity index (χ1v) is 9.02. The number of rotatable bonds is 8. The van der Waals surface area contributed by atoms with Crippen molar-refractivity contribution < 1.29 is 4.74 Å². The molecule has 1 aliphatic carbocycles. The largest absolute Gasteiger partial charge is 0.383 e. The second kappa shape index (κ2) is 8.71. The number of hydrogen-bond donors (Lipinski definition) is 1. The van der Waals surface area contributed by atoms with Crippen molar-refractivity contribution in [2.75, 3.05) is 32.6 Å². The molecule has 1 atom stereocenters. The van der Waals surface area contributed by atoms with Gasteiger partial charge in [0.15, 0.2) is 0 Å². The second-order valence-corrected chi connectivity index (χ2v) is 6.87. The lowest BCUT2D eigenvalue weighted by Crippen LogP contribution is -2.30. The molecule has 0 saturated heterocycles. The molecule has 21 heavy (non-hydrogen) atoms. The summed E-state index contributed by atoms with van der Waals surface area (Å²) in [6.07, 6.45) is 3.44. The number of nitrogens with zero attached hydrogens (tertiary/aromatic N) is 2. The number of aromatic nitrogens is 2. The van der Waals surface area contributed by atoms with Gasteiger partial charge < -0.3 is 10.1 Å². The summed E-state index contributed by atoms with van der Waals surface area (Å²) in [4.78, 5) is 9.48. The lowest BCUT2D eigenvalue weighted by atomic mass is 9.86. The molecule has 1 heterocycles. The molecule has 0 aromatic carbocycles. The van der Waals surface area contributed by atoms with Crippen molar-refractivity contribution in [1.82, 2.24) is 15.3 Å². The molecule has 118 valence electrons. The van der Waals surface area contributed by atoms with E-state index < -0.39 is 0 Å². The molecule has 0 saturated carbocycles. The third kappa shape index (κ3) is 4.94. The molecular formula is C16H27N3OS. The molecule has 1 aromatic heterocycles. The van der Waals surface area contributed by atoms with Crippen LogP contribution in [0.3, 0.4) is 0 Å². The Kier molecular flexibility index (Phi) is 6.93. The van der Waals surface area contributed by atoms with E-state index >= 15 is 0 Å². The Bertz CT molecular complexity index is 453. The molecule has 5 heteroatoms. The highest BCUT2D eigenvalue weighted by molar-refractivity contribution is 7.98. The van der Waals surface area contributed by atoms with Gasteiger partial charge in [-0.15, -0.1) is 0 Å². The van der Waals surface area contributed by atoms with Crippen LogP contribution >= 0.6 is 11.8 Å². The predicted octanol–water partition coefficient (Wildman–Crippen LogP) is 2.38. The van der Waals surface area contributed by atoms with Crippen LogP contribution in [0.5, 0.6) is 0 Å². The van der Waals surface area contributed by atoms with Crippen molar-refractivity contribution in [3.05, 3.63) is 22.8 Å². The van der Waals surface area contributed by atoms with Gasteiger partial charge in [-0.1, -0.05) is 6.92 Å².